The molecule has 1 saturated carbocycles. The van der Waals surface area contributed by atoms with Crippen LogP contribution in [0.15, 0.2) is 81.3 Å². The molecule has 1 atom stereocenters. The standard InChI is InChI=1S/C32H31N7O6S2/c33-16-20-5-6-22-9-14-31(41)38(27(22)15-20)18-25(37-47(44,45)29-4-2-1-3-26(29)39(42)43)21-7-10-23(11-8-21)34-17-24-12-13-28-32(35-24)36-30(40)19-46-28/h1-6,9,12-15,21,23,25,34,37H,7-8,10-11,17-19H2,(H,35,36,40)/t21-,23-,25?. The van der Waals surface area contributed by atoms with E-state index in [4.69, 9.17) is 0 Å². The van der Waals surface area contributed by atoms with Gasteiger partial charge in [-0.1, -0.05) is 18.2 Å². The number of hydrogen-bond acceptors (Lipinski definition) is 10. The molecule has 3 N–H and O–H groups in total. The maximum absolute atomic E-state index is 13.7. The Kier molecular flexibility index (Phi) is 9.37. The number of para-hydroxylation sites is 1. The number of benzene rings is 2. The third-order valence-electron chi connectivity index (χ3n) is 8.60. The van der Waals surface area contributed by atoms with Crippen LogP contribution in [0.1, 0.15) is 36.9 Å². The van der Waals surface area contributed by atoms with E-state index in [-0.39, 0.29) is 30.0 Å². The first-order valence-corrected chi connectivity index (χ1v) is 17.5. The number of aromatic nitrogens is 2. The molecule has 15 heteroatoms. The van der Waals surface area contributed by atoms with Crippen LogP contribution >= 0.6 is 11.8 Å². The zero-order valence-corrected chi connectivity index (χ0v) is 26.7. The molecule has 0 radical (unpaired) electrons. The molecule has 0 saturated heterocycles. The van der Waals surface area contributed by atoms with Gasteiger partial charge in [0.1, 0.15) is 5.82 Å². The number of pyridine rings is 2. The Morgan fingerprint density at radius 1 is 1.09 bits per heavy atom. The van der Waals surface area contributed by atoms with Crippen molar-refractivity contribution in [2.75, 3.05) is 11.1 Å². The summed E-state index contributed by atoms with van der Waals surface area (Å²) in [6.45, 7) is 0.458. The van der Waals surface area contributed by atoms with Gasteiger partial charge in [0.25, 0.3) is 11.2 Å². The number of sulfonamides is 1. The van der Waals surface area contributed by atoms with Gasteiger partial charge in [0.05, 0.1) is 38.4 Å². The van der Waals surface area contributed by atoms with Crippen molar-refractivity contribution in [2.45, 2.75) is 60.6 Å². The maximum atomic E-state index is 13.7. The molecule has 1 amide bonds. The minimum Gasteiger partial charge on any atom is -0.309 e. The molecule has 2 aliphatic rings. The lowest BCUT2D eigenvalue weighted by Gasteiger charge is -2.35. The second-order valence-corrected chi connectivity index (χ2v) is 14.3. The van der Waals surface area contributed by atoms with Crippen LogP contribution in [0.25, 0.3) is 10.9 Å². The van der Waals surface area contributed by atoms with E-state index >= 15 is 0 Å². The van der Waals surface area contributed by atoms with E-state index in [2.05, 4.69) is 26.4 Å². The van der Waals surface area contributed by atoms with E-state index in [1.54, 1.807) is 24.3 Å². The summed E-state index contributed by atoms with van der Waals surface area (Å²) in [4.78, 5) is 41.0. The molecule has 1 unspecified atom stereocenters. The van der Waals surface area contributed by atoms with Crippen LogP contribution in [-0.4, -0.2) is 46.6 Å². The summed E-state index contributed by atoms with van der Waals surface area (Å²) in [6, 6.07) is 18.5. The number of nitrogens with one attached hydrogen (secondary N) is 3. The zero-order valence-electron chi connectivity index (χ0n) is 25.1. The number of nitro benzene ring substituents is 1. The van der Waals surface area contributed by atoms with Crippen molar-refractivity contribution in [3.8, 4) is 6.07 Å². The molecule has 13 nitrogen and oxygen atoms in total. The molecule has 2 aromatic carbocycles. The third-order valence-corrected chi connectivity index (χ3v) is 11.2. The number of amides is 1. The molecule has 3 heterocycles. The number of carbonyl (C=O) groups excluding carboxylic acids is 1. The summed E-state index contributed by atoms with van der Waals surface area (Å²) in [5.74, 6) is 0.654. The molecule has 4 aromatic rings. The number of rotatable bonds is 10. The second kappa shape index (κ2) is 13.6. The van der Waals surface area contributed by atoms with Crippen LogP contribution in [0.5, 0.6) is 0 Å². The molecule has 1 fully saturated rings. The van der Waals surface area contributed by atoms with E-state index in [1.807, 2.05) is 12.1 Å². The average Bonchev–Trinajstić information content (AvgIpc) is 3.07. The molecule has 6 rings (SSSR count). The van der Waals surface area contributed by atoms with Crippen molar-refractivity contribution in [3.63, 3.8) is 0 Å². The van der Waals surface area contributed by atoms with Crippen LogP contribution in [0.4, 0.5) is 11.5 Å². The predicted molar refractivity (Wildman–Crippen MR) is 176 cm³/mol. The first-order valence-electron chi connectivity index (χ1n) is 15.1. The number of hydrogen-bond donors (Lipinski definition) is 3. The van der Waals surface area contributed by atoms with Gasteiger partial charge in [-0.2, -0.15) is 5.26 Å². The number of nitro groups is 1. The van der Waals surface area contributed by atoms with E-state index < -0.39 is 31.6 Å². The summed E-state index contributed by atoms with van der Waals surface area (Å²) < 4.78 is 31.6. The van der Waals surface area contributed by atoms with Crippen molar-refractivity contribution in [2.24, 2.45) is 5.92 Å². The van der Waals surface area contributed by atoms with Crippen molar-refractivity contribution in [1.82, 2.24) is 19.6 Å². The molecule has 2 aromatic heterocycles. The van der Waals surface area contributed by atoms with Crippen LogP contribution in [0.2, 0.25) is 0 Å². The Bertz CT molecular complexity index is 2070. The van der Waals surface area contributed by atoms with Crippen molar-refractivity contribution < 1.29 is 18.1 Å². The molecule has 242 valence electrons. The SMILES string of the molecule is N#Cc1ccc2ccc(=O)n(CC(NS(=O)(=O)c3ccccc3[N+](=O)[O-])[C@H]3CC[C@H](NCc4ccc5c(n4)NC(=O)CS5)CC3)c2c1. The Labute approximate surface area is 274 Å². The van der Waals surface area contributed by atoms with E-state index in [9.17, 15) is 33.4 Å². The molecule has 0 bridgehead atoms. The van der Waals surface area contributed by atoms with Crippen LogP contribution < -0.4 is 20.9 Å². The van der Waals surface area contributed by atoms with Gasteiger partial charge >= 0.3 is 0 Å². The first-order chi connectivity index (χ1) is 22.6. The second-order valence-electron chi connectivity index (χ2n) is 11.6. The highest BCUT2D eigenvalue weighted by Crippen LogP contribution is 2.32. The van der Waals surface area contributed by atoms with Gasteiger partial charge < -0.3 is 15.2 Å². The van der Waals surface area contributed by atoms with Crippen LogP contribution in [0.3, 0.4) is 0 Å². The minimum atomic E-state index is -4.37. The zero-order chi connectivity index (χ0) is 33.1. The molecule has 0 spiro atoms. The summed E-state index contributed by atoms with van der Waals surface area (Å²) in [7, 11) is -4.37. The number of fused-ring (bicyclic) bond motifs is 2. The number of anilines is 1. The Hall–Kier alpha value is -4.62. The largest absolute Gasteiger partial charge is 0.309 e. The van der Waals surface area contributed by atoms with Gasteiger partial charge in [-0.25, -0.2) is 18.1 Å². The van der Waals surface area contributed by atoms with Crippen LogP contribution in [0, 0.1) is 27.4 Å². The summed E-state index contributed by atoms with van der Waals surface area (Å²) in [6.07, 6.45) is 2.67. The summed E-state index contributed by atoms with van der Waals surface area (Å²) in [5, 5.41) is 28.2. The van der Waals surface area contributed by atoms with E-state index in [0.29, 0.717) is 47.4 Å². The smallest absolute Gasteiger partial charge is 0.289 e. The van der Waals surface area contributed by atoms with Gasteiger partial charge in [-0.05, 0) is 73.4 Å². The summed E-state index contributed by atoms with van der Waals surface area (Å²) >= 11 is 1.45. The fourth-order valence-corrected chi connectivity index (χ4v) is 8.43. The van der Waals surface area contributed by atoms with Gasteiger partial charge in [0, 0.05) is 37.3 Å². The van der Waals surface area contributed by atoms with Gasteiger partial charge in [0.2, 0.25) is 15.9 Å². The topological polar surface area (TPSA) is 189 Å². The normalized spacial score (nSPS) is 18.6. The molecular formula is C32H31N7O6S2. The summed E-state index contributed by atoms with van der Waals surface area (Å²) in [5.41, 5.74) is 0.742. The van der Waals surface area contributed by atoms with Gasteiger partial charge in [-0.3, -0.25) is 19.7 Å². The van der Waals surface area contributed by atoms with Gasteiger partial charge in [0.15, 0.2) is 4.90 Å². The Balaban J connectivity index is 1.23. The number of nitriles is 1. The molecule has 1 aliphatic carbocycles. The Morgan fingerprint density at radius 2 is 1.85 bits per heavy atom. The first kappa shape index (κ1) is 32.3. The fourth-order valence-electron chi connectivity index (χ4n) is 6.20. The number of nitrogens with zero attached hydrogens (tertiary/aromatic N) is 4. The Morgan fingerprint density at radius 3 is 2.62 bits per heavy atom. The molecule has 47 heavy (non-hydrogen) atoms. The average molecular weight is 674 g/mol. The van der Waals surface area contributed by atoms with E-state index in [1.165, 1.54) is 40.6 Å². The predicted octanol–water partition coefficient (Wildman–Crippen LogP) is 3.92. The minimum absolute atomic E-state index is 0.0313. The third kappa shape index (κ3) is 7.20. The van der Waals surface area contributed by atoms with Crippen molar-refractivity contribution in [1.29, 1.82) is 5.26 Å². The lowest BCUT2D eigenvalue weighted by atomic mass is 9.81. The lowest BCUT2D eigenvalue weighted by molar-refractivity contribution is -0.387. The molecular weight excluding hydrogens is 643 g/mol. The quantitative estimate of drug-likeness (QED) is 0.164. The highest BCUT2D eigenvalue weighted by Gasteiger charge is 2.34. The number of carbonyl (C=O) groups is 1. The van der Waals surface area contributed by atoms with E-state index in [0.717, 1.165) is 29.5 Å². The highest BCUT2D eigenvalue weighted by atomic mass is 32.2. The van der Waals surface area contributed by atoms with Gasteiger partial charge in [-0.15, -0.1) is 11.8 Å². The van der Waals surface area contributed by atoms with Crippen LogP contribution in [-0.2, 0) is 27.9 Å². The fraction of sp³-hybridized carbons (Fsp3) is 0.312. The van der Waals surface area contributed by atoms with Crippen molar-refractivity contribution in [3.05, 3.63) is 98.5 Å². The van der Waals surface area contributed by atoms with Crippen molar-refractivity contribution >= 4 is 50.1 Å². The lowest BCUT2D eigenvalue weighted by Crippen LogP contribution is -2.47. The maximum Gasteiger partial charge on any atom is 0.289 e. The molecule has 1 aliphatic heterocycles. The monoisotopic (exact) mass is 673 g/mol. The number of thioether (sulfide) groups is 1. The highest BCUT2D eigenvalue weighted by molar-refractivity contribution is 8.00.